The second kappa shape index (κ2) is 3.46. The number of aromatic nitrogens is 1. The molecule has 0 radical (unpaired) electrons. The number of hydrogen-bond donors (Lipinski definition) is 0. The van der Waals surface area contributed by atoms with Gasteiger partial charge in [-0.15, -0.1) is 0 Å². The van der Waals surface area contributed by atoms with E-state index in [0.717, 1.165) is 17.0 Å². The molecule has 14 heavy (non-hydrogen) atoms. The molecule has 0 saturated heterocycles. The summed E-state index contributed by atoms with van der Waals surface area (Å²) >= 11 is 5.69. The van der Waals surface area contributed by atoms with Gasteiger partial charge in [-0.2, -0.15) is 4.98 Å². The van der Waals surface area contributed by atoms with Crippen LogP contribution in [0.1, 0.15) is 11.3 Å². The lowest BCUT2D eigenvalue weighted by Crippen LogP contribution is -1.84. The predicted octanol–water partition coefficient (Wildman–Crippen LogP) is 3.61. The number of halogens is 1. The minimum Gasteiger partial charge on any atom is -0.432 e. The SMILES string of the molecule is Cc1ccccc1-c1nc(Cl)oc1C. The molecular formula is C11H10ClNO. The van der Waals surface area contributed by atoms with Crippen molar-refractivity contribution in [2.45, 2.75) is 13.8 Å². The summed E-state index contributed by atoms with van der Waals surface area (Å²) in [4.78, 5) is 4.14. The van der Waals surface area contributed by atoms with E-state index in [1.165, 1.54) is 5.56 Å². The zero-order chi connectivity index (χ0) is 10.1. The summed E-state index contributed by atoms with van der Waals surface area (Å²) in [5.74, 6) is 0.754. The van der Waals surface area contributed by atoms with Crippen LogP contribution in [0.3, 0.4) is 0 Å². The van der Waals surface area contributed by atoms with Crippen molar-refractivity contribution >= 4 is 11.6 Å². The first-order valence-electron chi connectivity index (χ1n) is 4.37. The fraction of sp³-hybridized carbons (Fsp3) is 0.182. The third-order valence-electron chi connectivity index (χ3n) is 2.17. The van der Waals surface area contributed by atoms with Gasteiger partial charge >= 0.3 is 0 Å². The maximum Gasteiger partial charge on any atom is 0.292 e. The highest BCUT2D eigenvalue weighted by molar-refractivity contribution is 6.27. The van der Waals surface area contributed by atoms with Gasteiger partial charge in [0.25, 0.3) is 5.35 Å². The Hall–Kier alpha value is -1.28. The Kier molecular flexibility index (Phi) is 2.30. The number of rotatable bonds is 1. The molecule has 2 aromatic rings. The van der Waals surface area contributed by atoms with Crippen LogP contribution < -0.4 is 0 Å². The van der Waals surface area contributed by atoms with Gasteiger partial charge in [0.2, 0.25) is 0 Å². The molecule has 0 aliphatic carbocycles. The molecule has 2 nitrogen and oxygen atoms in total. The highest BCUT2D eigenvalue weighted by atomic mass is 35.5. The van der Waals surface area contributed by atoms with Crippen molar-refractivity contribution in [1.29, 1.82) is 0 Å². The lowest BCUT2D eigenvalue weighted by Gasteiger charge is -2.01. The minimum absolute atomic E-state index is 0.195. The summed E-state index contributed by atoms with van der Waals surface area (Å²) in [7, 11) is 0. The quantitative estimate of drug-likeness (QED) is 0.714. The maximum absolute atomic E-state index is 5.69. The molecule has 0 bridgehead atoms. The van der Waals surface area contributed by atoms with Crippen molar-refractivity contribution < 1.29 is 4.42 Å². The first-order chi connectivity index (χ1) is 6.68. The van der Waals surface area contributed by atoms with Crippen LogP contribution in [0.2, 0.25) is 5.35 Å². The summed E-state index contributed by atoms with van der Waals surface area (Å²) in [5.41, 5.74) is 3.06. The molecule has 0 atom stereocenters. The smallest absolute Gasteiger partial charge is 0.292 e. The van der Waals surface area contributed by atoms with E-state index < -0.39 is 0 Å². The Morgan fingerprint density at radius 3 is 2.50 bits per heavy atom. The van der Waals surface area contributed by atoms with Gasteiger partial charge in [-0.3, -0.25) is 0 Å². The molecule has 0 fully saturated rings. The van der Waals surface area contributed by atoms with Gasteiger partial charge in [-0.1, -0.05) is 24.3 Å². The fourth-order valence-electron chi connectivity index (χ4n) is 1.45. The molecule has 0 N–H and O–H groups in total. The molecule has 72 valence electrons. The van der Waals surface area contributed by atoms with Crippen LogP contribution >= 0.6 is 11.6 Å². The van der Waals surface area contributed by atoms with E-state index >= 15 is 0 Å². The van der Waals surface area contributed by atoms with Crippen molar-refractivity contribution in [2.75, 3.05) is 0 Å². The van der Waals surface area contributed by atoms with E-state index in [1.54, 1.807) is 0 Å². The molecule has 0 aliphatic rings. The van der Waals surface area contributed by atoms with E-state index in [9.17, 15) is 0 Å². The molecule has 3 heteroatoms. The van der Waals surface area contributed by atoms with Crippen LogP contribution in [0.4, 0.5) is 0 Å². The van der Waals surface area contributed by atoms with Gasteiger partial charge < -0.3 is 4.42 Å². The Labute approximate surface area is 87.5 Å². The van der Waals surface area contributed by atoms with E-state index in [1.807, 2.05) is 38.1 Å². The van der Waals surface area contributed by atoms with Crippen molar-refractivity contribution in [3.63, 3.8) is 0 Å². The second-order valence-electron chi connectivity index (χ2n) is 3.19. The van der Waals surface area contributed by atoms with Crippen LogP contribution in [-0.4, -0.2) is 4.98 Å². The first kappa shape index (κ1) is 9.28. The number of oxazole rings is 1. The number of benzene rings is 1. The Morgan fingerprint density at radius 2 is 1.93 bits per heavy atom. The highest BCUT2D eigenvalue weighted by Gasteiger charge is 2.11. The zero-order valence-electron chi connectivity index (χ0n) is 8.04. The van der Waals surface area contributed by atoms with Crippen LogP contribution in [0.25, 0.3) is 11.3 Å². The first-order valence-corrected chi connectivity index (χ1v) is 4.75. The highest BCUT2D eigenvalue weighted by Crippen LogP contribution is 2.27. The molecule has 0 aliphatic heterocycles. The normalized spacial score (nSPS) is 10.5. The Morgan fingerprint density at radius 1 is 1.21 bits per heavy atom. The maximum atomic E-state index is 5.69. The molecule has 1 aromatic carbocycles. The second-order valence-corrected chi connectivity index (χ2v) is 3.51. The van der Waals surface area contributed by atoms with E-state index in [-0.39, 0.29) is 5.35 Å². The average Bonchev–Trinajstić information content (AvgIpc) is 2.46. The Bertz CT molecular complexity index is 462. The van der Waals surface area contributed by atoms with Gasteiger partial charge in [-0.25, -0.2) is 0 Å². The topological polar surface area (TPSA) is 26.0 Å². The molecule has 1 heterocycles. The van der Waals surface area contributed by atoms with Crippen molar-refractivity contribution in [3.05, 3.63) is 40.9 Å². The van der Waals surface area contributed by atoms with Gasteiger partial charge in [0.05, 0.1) is 0 Å². The summed E-state index contributed by atoms with van der Waals surface area (Å²) in [6.07, 6.45) is 0. The molecule has 0 amide bonds. The van der Waals surface area contributed by atoms with Crippen LogP contribution in [0.15, 0.2) is 28.7 Å². The van der Waals surface area contributed by atoms with Gasteiger partial charge in [-0.05, 0) is 31.0 Å². The summed E-state index contributed by atoms with van der Waals surface area (Å²) in [6, 6.07) is 8.02. The lowest BCUT2D eigenvalue weighted by molar-refractivity contribution is 0.530. The third kappa shape index (κ3) is 1.53. The number of nitrogens with zero attached hydrogens (tertiary/aromatic N) is 1. The third-order valence-corrected chi connectivity index (χ3v) is 2.33. The van der Waals surface area contributed by atoms with Gasteiger partial charge in [0.15, 0.2) is 0 Å². The summed E-state index contributed by atoms with van der Waals surface area (Å²) in [6.45, 7) is 3.90. The fourth-order valence-corrected chi connectivity index (χ4v) is 1.65. The van der Waals surface area contributed by atoms with Crippen molar-refractivity contribution in [1.82, 2.24) is 4.98 Å². The minimum atomic E-state index is 0.195. The molecule has 0 spiro atoms. The monoisotopic (exact) mass is 207 g/mol. The lowest BCUT2D eigenvalue weighted by atomic mass is 10.1. The van der Waals surface area contributed by atoms with Crippen molar-refractivity contribution in [2.24, 2.45) is 0 Å². The summed E-state index contributed by atoms with van der Waals surface area (Å²) < 4.78 is 5.18. The largest absolute Gasteiger partial charge is 0.432 e. The average molecular weight is 208 g/mol. The zero-order valence-corrected chi connectivity index (χ0v) is 8.80. The van der Waals surface area contributed by atoms with E-state index in [2.05, 4.69) is 4.98 Å². The van der Waals surface area contributed by atoms with E-state index in [0.29, 0.717) is 0 Å². The number of hydrogen-bond acceptors (Lipinski definition) is 2. The van der Waals surface area contributed by atoms with Crippen LogP contribution in [0, 0.1) is 13.8 Å². The molecule has 1 aromatic heterocycles. The number of aryl methyl sites for hydroxylation is 2. The van der Waals surface area contributed by atoms with Crippen LogP contribution in [-0.2, 0) is 0 Å². The van der Waals surface area contributed by atoms with E-state index in [4.69, 9.17) is 16.0 Å². The van der Waals surface area contributed by atoms with Crippen LogP contribution in [0.5, 0.6) is 0 Å². The van der Waals surface area contributed by atoms with Gasteiger partial charge in [0, 0.05) is 5.56 Å². The molecule has 0 unspecified atom stereocenters. The Balaban J connectivity index is 2.60. The predicted molar refractivity (Wildman–Crippen MR) is 56.4 cm³/mol. The van der Waals surface area contributed by atoms with Gasteiger partial charge in [0.1, 0.15) is 11.5 Å². The molecule has 0 saturated carbocycles. The summed E-state index contributed by atoms with van der Waals surface area (Å²) in [5, 5.41) is 0.195. The van der Waals surface area contributed by atoms with Crippen molar-refractivity contribution in [3.8, 4) is 11.3 Å². The standard InChI is InChI=1S/C11H10ClNO/c1-7-5-3-4-6-9(7)10-8(2)14-11(12)13-10/h3-6H,1-2H3. The molecular weight excluding hydrogens is 198 g/mol. The molecule has 2 rings (SSSR count).